The second-order valence-corrected chi connectivity index (χ2v) is 4.45. The average molecular weight is 251 g/mol. The van der Waals surface area contributed by atoms with Crippen molar-refractivity contribution >= 4 is 5.78 Å². The van der Waals surface area contributed by atoms with E-state index in [1.807, 2.05) is 13.8 Å². The van der Waals surface area contributed by atoms with Gasteiger partial charge < -0.3 is 15.2 Å². The number of carbonyl (C=O) groups is 1. The summed E-state index contributed by atoms with van der Waals surface area (Å²) < 4.78 is 5.51. The molecule has 0 radical (unpaired) electrons. The van der Waals surface area contributed by atoms with E-state index in [1.165, 1.54) is 0 Å². The van der Waals surface area contributed by atoms with Crippen molar-refractivity contribution < 1.29 is 14.6 Å². The largest absolute Gasteiger partial charge is 0.491 e. The summed E-state index contributed by atoms with van der Waals surface area (Å²) in [5, 5.41) is 11.6. The molecule has 0 fully saturated rings. The lowest BCUT2D eigenvalue weighted by molar-refractivity contribution is 0.0948. The molecule has 0 aliphatic heterocycles. The first kappa shape index (κ1) is 14.7. The van der Waals surface area contributed by atoms with Crippen LogP contribution >= 0.6 is 0 Å². The number of rotatable bonds is 7. The summed E-state index contributed by atoms with van der Waals surface area (Å²) in [6.07, 6.45) is 0.122. The number of carbonyl (C=O) groups excluding carboxylic acids is 1. The minimum atomic E-state index is -0.297. The van der Waals surface area contributed by atoms with Gasteiger partial charge in [0.15, 0.2) is 5.78 Å². The number of aliphatic hydroxyl groups is 1. The van der Waals surface area contributed by atoms with E-state index in [4.69, 9.17) is 9.84 Å². The van der Waals surface area contributed by atoms with Crippen LogP contribution in [0, 0.1) is 0 Å². The highest BCUT2D eigenvalue weighted by molar-refractivity contribution is 5.99. The molecule has 0 aliphatic carbocycles. The maximum atomic E-state index is 12.0. The predicted molar refractivity (Wildman–Crippen MR) is 71.1 cm³/mol. The van der Waals surface area contributed by atoms with Crippen molar-refractivity contribution in [2.75, 3.05) is 13.2 Å². The molecule has 0 spiro atoms. The highest BCUT2D eigenvalue weighted by Gasteiger charge is 2.14. The zero-order valence-electron chi connectivity index (χ0n) is 11.1. The van der Waals surface area contributed by atoms with Crippen LogP contribution in [0.25, 0.3) is 0 Å². The van der Waals surface area contributed by atoms with Crippen LogP contribution in [0.4, 0.5) is 0 Å². The lowest BCUT2D eigenvalue weighted by Crippen LogP contribution is -2.35. The normalized spacial score (nSPS) is 12.5. The van der Waals surface area contributed by atoms with Gasteiger partial charge in [-0.05, 0) is 45.0 Å². The average Bonchev–Trinajstić information content (AvgIpc) is 2.35. The highest BCUT2D eigenvalue weighted by atomic mass is 16.5. The molecule has 0 saturated carbocycles. The number of nitrogens with one attached hydrogen (secondary N) is 1. The first-order valence-corrected chi connectivity index (χ1v) is 6.19. The Labute approximate surface area is 108 Å². The number of benzene rings is 1. The van der Waals surface area contributed by atoms with E-state index in [0.717, 1.165) is 5.75 Å². The van der Waals surface area contributed by atoms with Crippen LogP contribution in [0.5, 0.6) is 5.75 Å². The van der Waals surface area contributed by atoms with E-state index in [0.29, 0.717) is 12.1 Å². The Hall–Kier alpha value is -1.39. The van der Waals surface area contributed by atoms with E-state index in [-0.39, 0.29) is 24.5 Å². The molecule has 1 aromatic rings. The minimum absolute atomic E-state index is 0.0135. The second kappa shape index (κ2) is 7.13. The summed E-state index contributed by atoms with van der Waals surface area (Å²) in [5.74, 6) is 0.775. The van der Waals surface area contributed by atoms with Crippen molar-refractivity contribution in [3.8, 4) is 5.75 Å². The molecular weight excluding hydrogens is 230 g/mol. The lowest BCUT2D eigenvalue weighted by Gasteiger charge is -2.13. The van der Waals surface area contributed by atoms with E-state index in [9.17, 15) is 4.79 Å². The smallest absolute Gasteiger partial charge is 0.179 e. The van der Waals surface area contributed by atoms with Crippen molar-refractivity contribution in [2.45, 2.75) is 32.9 Å². The molecule has 0 heterocycles. The van der Waals surface area contributed by atoms with Crippen LogP contribution in [0.1, 0.15) is 31.1 Å². The zero-order valence-corrected chi connectivity index (χ0v) is 11.1. The van der Waals surface area contributed by atoms with E-state index in [1.54, 1.807) is 31.2 Å². The lowest BCUT2D eigenvalue weighted by atomic mass is 10.1. The molecule has 0 aliphatic rings. The fourth-order valence-electron chi connectivity index (χ4n) is 1.59. The Morgan fingerprint density at radius 2 is 1.89 bits per heavy atom. The molecule has 18 heavy (non-hydrogen) atoms. The topological polar surface area (TPSA) is 58.6 Å². The maximum absolute atomic E-state index is 12.0. The van der Waals surface area contributed by atoms with E-state index in [2.05, 4.69) is 5.32 Å². The molecule has 0 aromatic heterocycles. The number of ketones is 1. The number of hydrogen-bond donors (Lipinski definition) is 2. The molecule has 1 rings (SSSR count). The molecule has 100 valence electrons. The van der Waals surface area contributed by atoms with Crippen LogP contribution in [0.3, 0.4) is 0 Å². The maximum Gasteiger partial charge on any atom is 0.179 e. The quantitative estimate of drug-likeness (QED) is 0.723. The van der Waals surface area contributed by atoms with Gasteiger partial charge in [-0.3, -0.25) is 4.79 Å². The minimum Gasteiger partial charge on any atom is -0.491 e. The first-order chi connectivity index (χ1) is 8.54. The summed E-state index contributed by atoms with van der Waals surface area (Å²) in [5.41, 5.74) is 0.643. The van der Waals surface area contributed by atoms with Crippen molar-refractivity contribution in [3.05, 3.63) is 29.8 Å². The summed E-state index contributed by atoms with van der Waals surface area (Å²) in [4.78, 5) is 12.0. The van der Waals surface area contributed by atoms with Crippen LogP contribution < -0.4 is 10.1 Å². The third-order valence-corrected chi connectivity index (χ3v) is 2.47. The molecular formula is C14H21NO3. The molecule has 1 aromatic carbocycles. The van der Waals surface area contributed by atoms with Crippen LogP contribution in [-0.4, -0.2) is 36.2 Å². The Bertz CT molecular complexity index is 373. The molecule has 2 N–H and O–H groups in total. The summed E-state index contributed by atoms with van der Waals surface area (Å²) in [6.45, 7) is 6.15. The van der Waals surface area contributed by atoms with Gasteiger partial charge >= 0.3 is 0 Å². The Morgan fingerprint density at radius 3 is 2.39 bits per heavy atom. The van der Waals surface area contributed by atoms with Crippen molar-refractivity contribution in [3.63, 3.8) is 0 Å². The molecule has 4 nitrogen and oxygen atoms in total. The highest BCUT2D eigenvalue weighted by Crippen LogP contribution is 2.14. The standard InChI is InChI=1S/C14H21NO3/c1-10(2)18-13-6-4-12(5-7-13)14(17)11(3)15-8-9-16/h4-7,10-11,15-16H,8-9H2,1-3H3. The second-order valence-electron chi connectivity index (χ2n) is 4.45. The number of ether oxygens (including phenoxy) is 1. The molecule has 1 atom stereocenters. The SMILES string of the molecule is CC(C)Oc1ccc(C(=O)C(C)NCCO)cc1. The van der Waals surface area contributed by atoms with Gasteiger partial charge in [-0.25, -0.2) is 0 Å². The number of hydrogen-bond acceptors (Lipinski definition) is 4. The number of aliphatic hydroxyl groups excluding tert-OH is 1. The predicted octanol–water partition coefficient (Wildman–Crippen LogP) is 1.63. The third-order valence-electron chi connectivity index (χ3n) is 2.47. The molecule has 0 amide bonds. The van der Waals surface area contributed by atoms with Gasteiger partial charge in [0.1, 0.15) is 5.75 Å². The van der Waals surface area contributed by atoms with Crippen molar-refractivity contribution in [1.29, 1.82) is 0 Å². The molecule has 0 saturated heterocycles. The monoisotopic (exact) mass is 251 g/mol. The van der Waals surface area contributed by atoms with Gasteiger partial charge in [0, 0.05) is 12.1 Å². The van der Waals surface area contributed by atoms with Crippen molar-refractivity contribution in [2.24, 2.45) is 0 Å². The van der Waals surface area contributed by atoms with Gasteiger partial charge in [-0.1, -0.05) is 0 Å². The Morgan fingerprint density at radius 1 is 1.28 bits per heavy atom. The van der Waals surface area contributed by atoms with Gasteiger partial charge in [-0.15, -0.1) is 0 Å². The fourth-order valence-corrected chi connectivity index (χ4v) is 1.59. The van der Waals surface area contributed by atoms with Gasteiger partial charge in [-0.2, -0.15) is 0 Å². The zero-order chi connectivity index (χ0) is 13.5. The van der Waals surface area contributed by atoms with Crippen LogP contribution in [-0.2, 0) is 0 Å². The van der Waals surface area contributed by atoms with Crippen molar-refractivity contribution in [1.82, 2.24) is 5.32 Å². The Kier molecular flexibility index (Phi) is 5.82. The van der Waals surface area contributed by atoms with E-state index >= 15 is 0 Å². The molecule has 4 heteroatoms. The molecule has 1 unspecified atom stereocenters. The summed E-state index contributed by atoms with van der Waals surface area (Å²) >= 11 is 0. The Balaban J connectivity index is 2.63. The summed E-state index contributed by atoms with van der Waals surface area (Å²) in [7, 11) is 0. The van der Waals surface area contributed by atoms with E-state index < -0.39 is 0 Å². The molecule has 0 bridgehead atoms. The first-order valence-electron chi connectivity index (χ1n) is 6.19. The van der Waals surface area contributed by atoms with Gasteiger partial charge in [0.2, 0.25) is 0 Å². The summed E-state index contributed by atoms with van der Waals surface area (Å²) in [6, 6.07) is 6.82. The van der Waals surface area contributed by atoms with Crippen LogP contribution in [0.2, 0.25) is 0 Å². The van der Waals surface area contributed by atoms with Crippen LogP contribution in [0.15, 0.2) is 24.3 Å². The van der Waals surface area contributed by atoms with Gasteiger partial charge in [0.25, 0.3) is 0 Å². The third kappa shape index (κ3) is 4.47. The number of Topliss-reactive ketones (excluding diaryl/α,β-unsaturated/α-hetero) is 1. The van der Waals surface area contributed by atoms with Gasteiger partial charge in [0.05, 0.1) is 18.8 Å². The fraction of sp³-hybridized carbons (Fsp3) is 0.500.